The summed E-state index contributed by atoms with van der Waals surface area (Å²) in [6.45, 7) is 9.47. The third-order valence-corrected chi connectivity index (χ3v) is 3.97. The van der Waals surface area contributed by atoms with Crippen LogP contribution in [-0.4, -0.2) is 20.9 Å². The molecular weight excluding hydrogens is 260 g/mol. The van der Waals surface area contributed by atoms with Crippen LogP contribution in [0.5, 0.6) is 0 Å². The summed E-state index contributed by atoms with van der Waals surface area (Å²) in [4.78, 5) is 0. The van der Waals surface area contributed by atoms with Gasteiger partial charge in [-0.25, -0.2) is 0 Å². The summed E-state index contributed by atoms with van der Waals surface area (Å²) in [6, 6.07) is 6.96. The fourth-order valence-electron chi connectivity index (χ4n) is 2.66. The zero-order valence-corrected chi connectivity index (χ0v) is 13.5. The summed E-state index contributed by atoms with van der Waals surface area (Å²) in [5, 5.41) is 8.20. The zero-order valence-electron chi connectivity index (χ0n) is 13.5. The number of rotatable bonds is 9. The summed E-state index contributed by atoms with van der Waals surface area (Å²) in [7, 11) is 0. The van der Waals surface area contributed by atoms with Crippen LogP contribution in [0.1, 0.15) is 57.5 Å². The number of hydrogen-bond acceptors (Lipinski definition) is 2. The Kier molecular flexibility index (Phi) is 6.05. The monoisotopic (exact) mass is 288 g/mol. The van der Waals surface area contributed by atoms with E-state index in [-0.39, 0.29) is 0 Å². The maximum atomic E-state index is 4.74. The molecule has 4 heteroatoms. The summed E-state index contributed by atoms with van der Waals surface area (Å²) in [6.07, 6.45) is 7.69. The number of hydrogen-bond donors (Lipinski definition) is 1. The minimum absolute atomic E-state index is 0.522. The average molecular weight is 288 g/mol. The molecule has 0 unspecified atom stereocenters. The standard InChI is InChI=1S/C17H28N4/c1-4-10-18-13-17-8-7-11-20(17)14-15-9-12-21(19-15)16(5-2)6-3/h7-9,11-12,16,18H,4-6,10,13-14H2,1-3H3. The van der Waals surface area contributed by atoms with Crippen LogP contribution in [0.3, 0.4) is 0 Å². The van der Waals surface area contributed by atoms with Gasteiger partial charge < -0.3 is 9.88 Å². The Balaban J connectivity index is 2.00. The second-order valence-electron chi connectivity index (χ2n) is 5.56. The SMILES string of the molecule is CCCNCc1cccn1Cc1ccn(C(CC)CC)n1. The van der Waals surface area contributed by atoms with Crippen LogP contribution in [-0.2, 0) is 13.1 Å². The molecule has 2 aromatic heterocycles. The highest BCUT2D eigenvalue weighted by Crippen LogP contribution is 2.15. The van der Waals surface area contributed by atoms with Gasteiger partial charge in [-0.05, 0) is 44.0 Å². The molecule has 21 heavy (non-hydrogen) atoms. The summed E-state index contributed by atoms with van der Waals surface area (Å²) >= 11 is 0. The van der Waals surface area contributed by atoms with Crippen LogP contribution in [0.25, 0.3) is 0 Å². The molecule has 1 N–H and O–H groups in total. The van der Waals surface area contributed by atoms with Gasteiger partial charge in [0, 0.05) is 24.6 Å². The average Bonchev–Trinajstić information content (AvgIpc) is 3.12. The minimum atomic E-state index is 0.522. The van der Waals surface area contributed by atoms with Crippen molar-refractivity contribution in [3.63, 3.8) is 0 Å². The molecule has 0 aliphatic heterocycles. The lowest BCUT2D eigenvalue weighted by atomic mass is 10.2. The van der Waals surface area contributed by atoms with Gasteiger partial charge in [-0.2, -0.15) is 5.10 Å². The molecule has 0 aliphatic rings. The van der Waals surface area contributed by atoms with Gasteiger partial charge in [0.25, 0.3) is 0 Å². The highest BCUT2D eigenvalue weighted by Gasteiger charge is 2.09. The fourth-order valence-corrected chi connectivity index (χ4v) is 2.66. The Morgan fingerprint density at radius 1 is 1.14 bits per heavy atom. The van der Waals surface area contributed by atoms with Crippen molar-refractivity contribution in [3.8, 4) is 0 Å². The molecule has 0 aliphatic carbocycles. The molecule has 0 fully saturated rings. The minimum Gasteiger partial charge on any atom is -0.344 e. The van der Waals surface area contributed by atoms with Crippen molar-refractivity contribution in [1.82, 2.24) is 19.7 Å². The molecule has 2 rings (SSSR count). The Morgan fingerprint density at radius 3 is 2.67 bits per heavy atom. The van der Waals surface area contributed by atoms with Gasteiger partial charge in [0.2, 0.25) is 0 Å². The normalized spacial score (nSPS) is 11.4. The highest BCUT2D eigenvalue weighted by molar-refractivity contribution is 5.10. The molecule has 0 saturated heterocycles. The lowest BCUT2D eigenvalue weighted by Gasteiger charge is -2.13. The van der Waals surface area contributed by atoms with Crippen LogP contribution in [0.15, 0.2) is 30.6 Å². The highest BCUT2D eigenvalue weighted by atomic mass is 15.3. The van der Waals surface area contributed by atoms with Crippen LogP contribution in [0.2, 0.25) is 0 Å². The van der Waals surface area contributed by atoms with Gasteiger partial charge in [-0.15, -0.1) is 0 Å². The first kappa shape index (κ1) is 15.8. The number of nitrogens with one attached hydrogen (secondary N) is 1. The quantitative estimate of drug-likeness (QED) is 0.716. The van der Waals surface area contributed by atoms with Crippen molar-refractivity contribution in [2.24, 2.45) is 0 Å². The first-order valence-electron chi connectivity index (χ1n) is 8.17. The van der Waals surface area contributed by atoms with Gasteiger partial charge in [0.05, 0.1) is 18.3 Å². The molecule has 0 spiro atoms. The van der Waals surface area contributed by atoms with E-state index in [9.17, 15) is 0 Å². The van der Waals surface area contributed by atoms with Crippen LogP contribution in [0, 0.1) is 0 Å². The van der Waals surface area contributed by atoms with Crippen molar-refractivity contribution in [2.45, 2.75) is 59.2 Å². The Morgan fingerprint density at radius 2 is 1.95 bits per heavy atom. The van der Waals surface area contributed by atoms with Gasteiger partial charge in [0.1, 0.15) is 0 Å². The van der Waals surface area contributed by atoms with E-state index in [1.807, 2.05) is 0 Å². The molecule has 4 nitrogen and oxygen atoms in total. The molecule has 2 aromatic rings. The fraction of sp³-hybridized carbons (Fsp3) is 0.588. The van der Waals surface area contributed by atoms with Crippen molar-refractivity contribution in [2.75, 3.05) is 6.54 Å². The molecule has 0 bridgehead atoms. The number of nitrogens with zero attached hydrogens (tertiary/aromatic N) is 3. The lowest BCUT2D eigenvalue weighted by molar-refractivity contribution is 0.424. The third kappa shape index (κ3) is 4.21. The second-order valence-corrected chi connectivity index (χ2v) is 5.56. The second kappa shape index (κ2) is 8.03. The van der Waals surface area contributed by atoms with Crippen LogP contribution in [0.4, 0.5) is 0 Å². The van der Waals surface area contributed by atoms with E-state index >= 15 is 0 Å². The first-order chi connectivity index (χ1) is 10.3. The summed E-state index contributed by atoms with van der Waals surface area (Å²) in [5.41, 5.74) is 2.45. The van der Waals surface area contributed by atoms with Crippen LogP contribution >= 0.6 is 0 Å². The molecule has 0 saturated carbocycles. The van der Waals surface area contributed by atoms with Crippen LogP contribution < -0.4 is 5.32 Å². The molecule has 0 aromatic carbocycles. The maximum Gasteiger partial charge on any atom is 0.0821 e. The number of aromatic nitrogens is 3. The van der Waals surface area contributed by atoms with Crippen molar-refractivity contribution in [3.05, 3.63) is 42.0 Å². The predicted octanol–water partition coefficient (Wildman–Crippen LogP) is 3.59. The maximum absolute atomic E-state index is 4.74. The largest absolute Gasteiger partial charge is 0.344 e. The van der Waals surface area contributed by atoms with E-state index in [4.69, 9.17) is 5.10 Å². The molecule has 0 atom stereocenters. The van der Waals surface area contributed by atoms with E-state index < -0.39 is 0 Å². The van der Waals surface area contributed by atoms with Gasteiger partial charge in [0.15, 0.2) is 0 Å². The summed E-state index contributed by atoms with van der Waals surface area (Å²) in [5.74, 6) is 0. The van der Waals surface area contributed by atoms with Gasteiger partial charge in [-0.3, -0.25) is 4.68 Å². The lowest BCUT2D eigenvalue weighted by Crippen LogP contribution is -2.17. The van der Waals surface area contributed by atoms with Gasteiger partial charge >= 0.3 is 0 Å². The topological polar surface area (TPSA) is 34.8 Å². The smallest absolute Gasteiger partial charge is 0.0821 e. The molecule has 116 valence electrons. The predicted molar refractivity (Wildman–Crippen MR) is 87.4 cm³/mol. The van der Waals surface area contributed by atoms with E-state index in [1.165, 1.54) is 12.1 Å². The van der Waals surface area contributed by atoms with Crippen molar-refractivity contribution < 1.29 is 0 Å². The van der Waals surface area contributed by atoms with Crippen molar-refractivity contribution in [1.29, 1.82) is 0 Å². The van der Waals surface area contributed by atoms with E-state index in [1.54, 1.807) is 0 Å². The Labute approximate surface area is 128 Å². The third-order valence-electron chi connectivity index (χ3n) is 3.97. The van der Waals surface area contributed by atoms with E-state index in [2.05, 4.69) is 65.9 Å². The summed E-state index contributed by atoms with van der Waals surface area (Å²) < 4.78 is 4.40. The molecule has 2 heterocycles. The zero-order chi connectivity index (χ0) is 15.1. The Bertz CT molecular complexity index is 522. The van der Waals surface area contributed by atoms with Crippen molar-refractivity contribution >= 4 is 0 Å². The first-order valence-corrected chi connectivity index (χ1v) is 8.17. The molecule has 0 amide bonds. The van der Waals surface area contributed by atoms with E-state index in [0.717, 1.165) is 38.2 Å². The Hall–Kier alpha value is -1.55. The molecular formula is C17H28N4. The van der Waals surface area contributed by atoms with E-state index in [0.29, 0.717) is 6.04 Å². The molecule has 0 radical (unpaired) electrons. The van der Waals surface area contributed by atoms with Gasteiger partial charge in [-0.1, -0.05) is 20.8 Å².